The number of nitrogens with one attached hydrogen (secondary N) is 1. The molecule has 4 heterocycles. The Morgan fingerprint density at radius 3 is 2.66 bits per heavy atom. The van der Waals surface area contributed by atoms with Crippen molar-refractivity contribution in [3.63, 3.8) is 0 Å². The molecule has 1 fully saturated rings. The number of rotatable bonds is 9. The van der Waals surface area contributed by atoms with E-state index >= 15 is 0 Å². The minimum atomic E-state index is -1.26. The maximum Gasteiger partial charge on any atom is 0.352 e. The standard InChI is InChI=1S/C21H20N8O6S2.HI/c1-35-26-12(16-25-21(23)37-27-16)17(31)24-13-18(32)29-14(20(33)34)11(9-36-19(13)29)3-2-6-28-7-4-10(5-8-28)15(22)30;/h2-5,7-8,13,19H,6,9H2,1H3,(H5-,22,23,24,25,27,30,31,33,34);1H/t13?,19-;/m0./s1. The predicted octanol–water partition coefficient (Wildman–Crippen LogP) is -4.14. The molecule has 0 saturated carbocycles. The Morgan fingerprint density at radius 2 is 2.08 bits per heavy atom. The van der Waals surface area contributed by atoms with E-state index in [1.807, 2.05) is 0 Å². The Bertz CT molecular complexity index is 1360. The molecule has 4 rings (SSSR count). The highest BCUT2D eigenvalue weighted by molar-refractivity contribution is 8.00. The number of hydrogen-bond acceptors (Lipinski definition) is 11. The summed E-state index contributed by atoms with van der Waals surface area (Å²) in [4.78, 5) is 58.7. The van der Waals surface area contributed by atoms with E-state index in [4.69, 9.17) is 16.3 Å². The summed E-state index contributed by atoms with van der Waals surface area (Å²) in [5, 5.41) is 15.5. The lowest BCUT2D eigenvalue weighted by atomic mass is 10.0. The third kappa shape index (κ3) is 5.94. The van der Waals surface area contributed by atoms with Gasteiger partial charge in [-0.2, -0.15) is 9.36 Å². The molecule has 3 amide bonds. The highest BCUT2D eigenvalue weighted by atomic mass is 127. The van der Waals surface area contributed by atoms with Gasteiger partial charge in [0.1, 0.15) is 24.2 Å². The van der Waals surface area contributed by atoms with Crippen molar-refractivity contribution < 1.29 is 57.7 Å². The van der Waals surface area contributed by atoms with E-state index in [9.17, 15) is 24.3 Å². The summed E-state index contributed by atoms with van der Waals surface area (Å²) in [7, 11) is 1.24. The number of carbonyl (C=O) groups excluding carboxylic acids is 3. The van der Waals surface area contributed by atoms with Crippen molar-refractivity contribution in [2.45, 2.75) is 18.0 Å². The van der Waals surface area contributed by atoms with Gasteiger partial charge in [0.15, 0.2) is 24.1 Å². The van der Waals surface area contributed by atoms with Crippen LogP contribution in [0.5, 0.6) is 0 Å². The van der Waals surface area contributed by atoms with Crippen LogP contribution in [0.4, 0.5) is 5.13 Å². The molecule has 2 aliphatic heterocycles. The van der Waals surface area contributed by atoms with E-state index in [1.165, 1.54) is 18.9 Å². The number of nitrogens with zero attached hydrogens (tertiary/aromatic N) is 5. The number of anilines is 1. The fourth-order valence-electron chi connectivity index (χ4n) is 3.65. The normalized spacial score (nSPS) is 18.9. The quantitative estimate of drug-likeness (QED) is 0.0665. The Hall–Kier alpha value is -3.58. The van der Waals surface area contributed by atoms with Gasteiger partial charge in [0, 0.05) is 29.4 Å². The van der Waals surface area contributed by atoms with Crippen LogP contribution in [0.3, 0.4) is 0 Å². The molecule has 200 valence electrons. The lowest BCUT2D eigenvalue weighted by Crippen LogP contribution is -3.00. The van der Waals surface area contributed by atoms with Crippen molar-refractivity contribution in [2.75, 3.05) is 18.6 Å². The van der Waals surface area contributed by atoms with Crippen LogP contribution in [-0.4, -0.2) is 73.0 Å². The highest BCUT2D eigenvalue weighted by Gasteiger charge is 2.54. The van der Waals surface area contributed by atoms with Gasteiger partial charge < -0.3 is 50.7 Å². The predicted molar refractivity (Wildman–Crippen MR) is 132 cm³/mol. The number of β-lactam (4-membered cyclic amide) rings is 1. The van der Waals surface area contributed by atoms with Crippen molar-refractivity contribution in [2.24, 2.45) is 10.9 Å². The monoisotopic (exact) mass is 672 g/mol. The molecule has 0 spiro atoms. The minimum Gasteiger partial charge on any atom is -1.00 e. The first kappa shape index (κ1) is 29.0. The van der Waals surface area contributed by atoms with Crippen LogP contribution in [0.15, 0.2) is 53.1 Å². The molecule has 0 radical (unpaired) electrons. The zero-order chi connectivity index (χ0) is 26.7. The number of halogens is 1. The third-order valence-corrected chi connectivity index (χ3v) is 7.19. The summed E-state index contributed by atoms with van der Waals surface area (Å²) in [5.41, 5.74) is 11.2. The summed E-state index contributed by atoms with van der Waals surface area (Å²) < 4.78 is 5.70. The van der Waals surface area contributed by atoms with Crippen LogP contribution in [0.25, 0.3) is 0 Å². The molecule has 2 aromatic rings. The van der Waals surface area contributed by atoms with E-state index in [0.717, 1.165) is 16.4 Å². The number of aromatic nitrogens is 3. The molecule has 0 aliphatic carbocycles. The Labute approximate surface area is 241 Å². The van der Waals surface area contributed by atoms with Gasteiger partial charge in [-0.1, -0.05) is 11.2 Å². The highest BCUT2D eigenvalue weighted by Crippen LogP contribution is 2.40. The number of carbonyl (C=O) groups is 4. The average molecular weight is 672 g/mol. The molecule has 1 saturated heterocycles. The zero-order valence-electron chi connectivity index (χ0n) is 19.6. The number of carboxylic acids is 1. The number of allylic oxidation sites excluding steroid dienone is 2. The summed E-state index contributed by atoms with van der Waals surface area (Å²) in [6.07, 6.45) is 6.73. The van der Waals surface area contributed by atoms with Crippen molar-refractivity contribution in [3.05, 3.63) is 59.3 Å². The molecule has 2 aromatic heterocycles. The number of aliphatic carboxylic acids is 1. The van der Waals surface area contributed by atoms with Crippen LogP contribution in [0.1, 0.15) is 16.2 Å². The van der Waals surface area contributed by atoms with Crippen LogP contribution in [0, 0.1) is 0 Å². The Balaban J connectivity index is 0.00000400. The summed E-state index contributed by atoms with van der Waals surface area (Å²) in [6.45, 7) is 0.396. The van der Waals surface area contributed by atoms with Crippen molar-refractivity contribution >= 4 is 57.8 Å². The van der Waals surface area contributed by atoms with E-state index in [2.05, 4.69) is 19.8 Å². The maximum atomic E-state index is 12.9. The molecule has 2 aliphatic rings. The molecule has 2 atom stereocenters. The smallest absolute Gasteiger partial charge is 0.352 e. The van der Waals surface area contributed by atoms with Gasteiger partial charge in [0.25, 0.3) is 11.8 Å². The summed E-state index contributed by atoms with van der Waals surface area (Å²) >= 11 is 2.18. The molecular formula is C21H21IN8O6S2. The van der Waals surface area contributed by atoms with Crippen LogP contribution in [-0.2, 0) is 25.8 Å². The van der Waals surface area contributed by atoms with Crippen LogP contribution >= 0.6 is 23.3 Å². The van der Waals surface area contributed by atoms with E-state index in [0.29, 0.717) is 23.4 Å². The number of fused-ring (bicyclic) bond motifs is 1. The van der Waals surface area contributed by atoms with Gasteiger partial charge in [-0.3, -0.25) is 19.3 Å². The Morgan fingerprint density at radius 1 is 1.37 bits per heavy atom. The molecular weight excluding hydrogens is 651 g/mol. The van der Waals surface area contributed by atoms with Gasteiger partial charge >= 0.3 is 5.97 Å². The van der Waals surface area contributed by atoms with Crippen molar-refractivity contribution in [1.82, 2.24) is 19.6 Å². The SMILES string of the molecule is CON=C(C(=O)NC1C(=O)N2C(C(=O)O)=C(C=CC[n+]3ccc(C(N)=O)cc3)CS[C@@H]12)c1nsc(N)n1.[I-]. The van der Waals surface area contributed by atoms with Gasteiger partial charge in [0.2, 0.25) is 17.4 Å². The van der Waals surface area contributed by atoms with Gasteiger partial charge in [-0.15, -0.1) is 11.8 Å². The van der Waals surface area contributed by atoms with Crippen LogP contribution < -0.4 is 45.3 Å². The summed E-state index contributed by atoms with van der Waals surface area (Å²) in [6, 6.07) is 2.18. The largest absolute Gasteiger partial charge is 1.00 e. The number of amides is 3. The van der Waals surface area contributed by atoms with Crippen LogP contribution in [0.2, 0.25) is 0 Å². The molecule has 14 nitrogen and oxygen atoms in total. The number of hydrogen-bond donors (Lipinski definition) is 4. The van der Waals surface area contributed by atoms with E-state index < -0.39 is 35.1 Å². The van der Waals surface area contributed by atoms with Crippen molar-refractivity contribution in [3.8, 4) is 0 Å². The second kappa shape index (κ2) is 12.3. The number of nitrogen functional groups attached to an aromatic ring is 1. The lowest BCUT2D eigenvalue weighted by Gasteiger charge is -2.49. The molecule has 0 aromatic carbocycles. The first-order valence-electron chi connectivity index (χ1n) is 10.6. The minimum absolute atomic E-state index is 0. The van der Waals surface area contributed by atoms with E-state index in [1.54, 1.807) is 41.2 Å². The zero-order valence-corrected chi connectivity index (χ0v) is 23.4. The first-order valence-corrected chi connectivity index (χ1v) is 12.4. The number of thioether (sulfide) groups is 1. The fraction of sp³-hybridized carbons (Fsp3) is 0.238. The third-order valence-electron chi connectivity index (χ3n) is 5.35. The lowest BCUT2D eigenvalue weighted by molar-refractivity contribution is -0.687. The maximum absolute atomic E-state index is 12.9. The van der Waals surface area contributed by atoms with Gasteiger partial charge in [-0.05, 0) is 11.6 Å². The number of oxime groups is 1. The molecule has 0 bridgehead atoms. The second-order valence-corrected chi connectivity index (χ2v) is 9.56. The van der Waals surface area contributed by atoms with E-state index in [-0.39, 0.29) is 46.3 Å². The van der Waals surface area contributed by atoms with Gasteiger partial charge in [0.05, 0.1) is 5.56 Å². The fourth-order valence-corrected chi connectivity index (χ4v) is 5.40. The summed E-state index contributed by atoms with van der Waals surface area (Å²) in [5.74, 6) is -2.88. The second-order valence-electron chi connectivity index (χ2n) is 7.67. The molecule has 17 heteroatoms. The Kier molecular flexibility index (Phi) is 9.39. The number of pyridine rings is 1. The topological polar surface area (TPSA) is 207 Å². The van der Waals surface area contributed by atoms with Crippen molar-refractivity contribution in [1.29, 1.82) is 0 Å². The molecule has 1 unspecified atom stereocenters. The number of primary amides is 1. The first-order chi connectivity index (χ1) is 17.7. The average Bonchev–Trinajstić information content (AvgIpc) is 3.31. The number of nitrogens with two attached hydrogens (primary N) is 2. The number of carboxylic acid groups (broad SMARTS) is 1. The molecule has 38 heavy (non-hydrogen) atoms. The molecule has 6 N–H and O–H groups in total. The van der Waals surface area contributed by atoms with Gasteiger partial charge in [-0.25, -0.2) is 9.36 Å².